The fourth-order valence-corrected chi connectivity index (χ4v) is 6.32. The van der Waals surface area contributed by atoms with Crippen molar-refractivity contribution in [3.8, 4) is 34.5 Å². The molecule has 3 aliphatic heterocycles. The molecule has 9 atom stereocenters. The third-order valence-electron chi connectivity index (χ3n) is 8.81. The van der Waals surface area contributed by atoms with Gasteiger partial charge in [-0.1, -0.05) is 12.1 Å². The van der Waals surface area contributed by atoms with Gasteiger partial charge in [0.1, 0.15) is 54.2 Å². The smallest absolute Gasteiger partial charge is 0.508 e. The second-order valence-corrected chi connectivity index (χ2v) is 11.7. The molecule has 3 aliphatic rings. The fourth-order valence-electron chi connectivity index (χ4n) is 6.32. The Bertz CT molecular complexity index is 1600. The zero-order valence-electron chi connectivity index (χ0n) is 25.9. The van der Waals surface area contributed by atoms with Crippen molar-refractivity contribution in [3.63, 3.8) is 0 Å². The van der Waals surface area contributed by atoms with E-state index in [4.69, 9.17) is 37.9 Å². The predicted octanol–water partition coefficient (Wildman–Crippen LogP) is 2.06. The van der Waals surface area contributed by atoms with E-state index in [2.05, 4.69) is 0 Å². The standard InChI is InChI=1S/C33H36O15/c1-41-23-11-16(3-9-21(23)35)29-20-13-43-30(17-4-10-22(36)24(12-17)42-2)33(20,15-45-29)48-31-28(39)27(38)26(37)25(47-31)14-44-32(40)46-19-7-5-18(34)6-8-19/h3-12,20,25-31,34-39H,13-15H2,1-2H3. The Labute approximate surface area is 274 Å². The van der Waals surface area contributed by atoms with Crippen molar-refractivity contribution in [2.45, 2.75) is 48.5 Å². The molecule has 3 aromatic rings. The van der Waals surface area contributed by atoms with Crippen LogP contribution in [-0.4, -0.2) is 107 Å². The molecule has 258 valence electrons. The van der Waals surface area contributed by atoms with Crippen LogP contribution in [0.2, 0.25) is 0 Å². The van der Waals surface area contributed by atoms with Crippen LogP contribution < -0.4 is 14.2 Å². The summed E-state index contributed by atoms with van der Waals surface area (Å²) in [5.74, 6) is -0.255. The quantitative estimate of drug-likeness (QED) is 0.142. The zero-order valence-corrected chi connectivity index (χ0v) is 25.9. The van der Waals surface area contributed by atoms with E-state index in [-0.39, 0.29) is 47.7 Å². The maximum atomic E-state index is 12.3. The van der Waals surface area contributed by atoms with Gasteiger partial charge >= 0.3 is 6.16 Å². The molecule has 6 N–H and O–H groups in total. The van der Waals surface area contributed by atoms with E-state index in [0.29, 0.717) is 11.1 Å². The number of carbonyl (C=O) groups is 1. The summed E-state index contributed by atoms with van der Waals surface area (Å²) in [6, 6.07) is 14.7. The lowest BCUT2D eigenvalue weighted by atomic mass is 9.80. The SMILES string of the molecule is COc1cc(C2OCC3(OC4OC(COC(=O)Oc5ccc(O)cc5)C(O)C(O)C4O)C(c4ccc(O)c(OC)c4)OCC23)ccc1O. The van der Waals surface area contributed by atoms with Crippen molar-refractivity contribution < 1.29 is 73.3 Å². The lowest BCUT2D eigenvalue weighted by molar-refractivity contribution is -0.333. The van der Waals surface area contributed by atoms with Crippen LogP contribution >= 0.6 is 0 Å². The molecular weight excluding hydrogens is 636 g/mol. The van der Waals surface area contributed by atoms with E-state index < -0.39 is 67.2 Å². The Morgan fingerprint density at radius 2 is 1.48 bits per heavy atom. The van der Waals surface area contributed by atoms with Crippen LogP contribution in [0, 0.1) is 5.92 Å². The molecular formula is C33H36O15. The average Bonchev–Trinajstić information content (AvgIpc) is 3.62. The third-order valence-corrected chi connectivity index (χ3v) is 8.81. The van der Waals surface area contributed by atoms with Gasteiger partial charge in [0.2, 0.25) is 0 Å². The minimum Gasteiger partial charge on any atom is -0.508 e. The molecule has 0 spiro atoms. The molecule has 9 unspecified atom stereocenters. The molecule has 48 heavy (non-hydrogen) atoms. The lowest BCUT2D eigenvalue weighted by Crippen LogP contribution is -2.62. The molecule has 0 radical (unpaired) electrons. The van der Waals surface area contributed by atoms with E-state index in [9.17, 15) is 35.4 Å². The number of hydrogen-bond acceptors (Lipinski definition) is 15. The first-order valence-electron chi connectivity index (χ1n) is 15.0. The molecule has 0 aromatic heterocycles. The zero-order chi connectivity index (χ0) is 34.2. The predicted molar refractivity (Wildman–Crippen MR) is 161 cm³/mol. The van der Waals surface area contributed by atoms with Crippen LogP contribution in [-0.2, 0) is 23.7 Å². The molecule has 3 saturated heterocycles. The monoisotopic (exact) mass is 672 g/mol. The highest BCUT2D eigenvalue weighted by Crippen LogP contribution is 2.57. The lowest BCUT2D eigenvalue weighted by Gasteiger charge is -2.44. The van der Waals surface area contributed by atoms with Gasteiger partial charge in [-0.2, -0.15) is 0 Å². The second kappa shape index (κ2) is 13.6. The van der Waals surface area contributed by atoms with Gasteiger partial charge in [-0.3, -0.25) is 0 Å². The highest BCUT2D eigenvalue weighted by molar-refractivity contribution is 5.63. The van der Waals surface area contributed by atoms with Gasteiger partial charge in [-0.15, -0.1) is 0 Å². The third kappa shape index (κ3) is 6.28. The van der Waals surface area contributed by atoms with Crippen molar-refractivity contribution >= 4 is 6.16 Å². The number of benzene rings is 3. The van der Waals surface area contributed by atoms with Crippen molar-refractivity contribution in [3.05, 3.63) is 71.8 Å². The molecule has 6 rings (SSSR count). The number of phenols is 3. The van der Waals surface area contributed by atoms with Crippen molar-refractivity contribution in [1.29, 1.82) is 0 Å². The van der Waals surface area contributed by atoms with Gasteiger partial charge in [-0.25, -0.2) is 4.79 Å². The summed E-state index contributed by atoms with van der Waals surface area (Å²) >= 11 is 0. The minimum absolute atomic E-state index is 0.0315. The van der Waals surface area contributed by atoms with E-state index in [1.165, 1.54) is 50.6 Å². The summed E-state index contributed by atoms with van der Waals surface area (Å²) in [6.07, 6.45) is -10.8. The summed E-state index contributed by atoms with van der Waals surface area (Å²) in [6.45, 7) is -0.574. The van der Waals surface area contributed by atoms with Gasteiger partial charge in [0.15, 0.2) is 29.3 Å². The average molecular weight is 673 g/mol. The first-order chi connectivity index (χ1) is 23.0. The number of hydrogen-bond donors (Lipinski definition) is 6. The fraction of sp³-hybridized carbons (Fsp3) is 0.424. The largest absolute Gasteiger partial charge is 0.513 e. The first kappa shape index (κ1) is 33.5. The molecule has 15 heteroatoms. The minimum atomic E-state index is -1.77. The van der Waals surface area contributed by atoms with Crippen LogP contribution in [0.4, 0.5) is 4.79 Å². The summed E-state index contributed by atoms with van der Waals surface area (Å²) in [7, 11) is 2.82. The summed E-state index contributed by atoms with van der Waals surface area (Å²) < 4.78 is 45.9. The van der Waals surface area contributed by atoms with E-state index in [1.54, 1.807) is 24.3 Å². The summed E-state index contributed by atoms with van der Waals surface area (Å²) in [5.41, 5.74) is -0.191. The molecule has 3 aromatic carbocycles. The Hall–Kier alpha value is -4.35. The van der Waals surface area contributed by atoms with Gasteiger partial charge in [-0.05, 0) is 59.7 Å². The van der Waals surface area contributed by atoms with Crippen LogP contribution in [0.1, 0.15) is 23.3 Å². The number of ether oxygens (including phenoxy) is 8. The topological polar surface area (TPSA) is 212 Å². The Kier molecular flexibility index (Phi) is 9.53. The first-order valence-corrected chi connectivity index (χ1v) is 15.0. The second-order valence-electron chi connectivity index (χ2n) is 11.7. The van der Waals surface area contributed by atoms with Gasteiger partial charge in [0.05, 0.1) is 33.5 Å². The molecule has 3 heterocycles. The number of methoxy groups -OCH3 is 2. The maximum Gasteiger partial charge on any atom is 0.513 e. The van der Waals surface area contributed by atoms with Gasteiger partial charge in [0, 0.05) is 5.92 Å². The Balaban J connectivity index is 1.27. The van der Waals surface area contributed by atoms with E-state index in [0.717, 1.165) is 0 Å². The molecule has 3 fully saturated rings. The maximum absolute atomic E-state index is 12.3. The molecule has 0 aliphatic carbocycles. The van der Waals surface area contributed by atoms with Crippen LogP contribution in [0.25, 0.3) is 0 Å². The highest BCUT2D eigenvalue weighted by Gasteiger charge is 2.63. The number of phenolic OH excluding ortho intramolecular Hbond substituents is 3. The van der Waals surface area contributed by atoms with Crippen molar-refractivity contribution in [1.82, 2.24) is 0 Å². The Morgan fingerprint density at radius 1 is 0.833 bits per heavy atom. The molecule has 0 bridgehead atoms. The normalized spacial score (nSPS) is 31.2. The number of carbonyl (C=O) groups excluding carboxylic acids is 1. The highest BCUT2D eigenvalue weighted by atomic mass is 16.8. The number of rotatable bonds is 9. The molecule has 0 saturated carbocycles. The molecule has 0 amide bonds. The van der Waals surface area contributed by atoms with E-state index in [1.807, 2.05) is 0 Å². The number of aromatic hydroxyl groups is 3. The van der Waals surface area contributed by atoms with Crippen LogP contribution in [0.3, 0.4) is 0 Å². The summed E-state index contributed by atoms with van der Waals surface area (Å²) in [5, 5.41) is 62.4. The number of fused-ring (bicyclic) bond motifs is 1. The summed E-state index contributed by atoms with van der Waals surface area (Å²) in [4.78, 5) is 12.3. The molecule has 15 nitrogen and oxygen atoms in total. The van der Waals surface area contributed by atoms with Crippen LogP contribution in [0.15, 0.2) is 60.7 Å². The number of aliphatic hydroxyl groups excluding tert-OH is 3. The van der Waals surface area contributed by atoms with Crippen molar-refractivity contribution in [2.75, 3.05) is 34.0 Å². The van der Waals surface area contributed by atoms with Crippen molar-refractivity contribution in [2.24, 2.45) is 5.92 Å². The van der Waals surface area contributed by atoms with Gasteiger partial charge < -0.3 is 68.5 Å². The van der Waals surface area contributed by atoms with E-state index >= 15 is 0 Å². The van der Waals surface area contributed by atoms with Gasteiger partial charge in [0.25, 0.3) is 0 Å². The Morgan fingerprint density at radius 3 is 2.15 bits per heavy atom. The van der Waals surface area contributed by atoms with Crippen LogP contribution in [0.5, 0.6) is 34.5 Å². The number of aliphatic hydroxyl groups is 3.